The Bertz CT molecular complexity index is 1140. The molecule has 2 aromatic rings. The number of sulfone groups is 1. The van der Waals surface area contributed by atoms with E-state index in [9.17, 15) is 8.42 Å². The number of halogens is 4. The Labute approximate surface area is 209 Å². The molecule has 2 aromatic carbocycles. The standard InChI is InChI=1S/C24H18Br2Cl2O2S/c25-23(27)13-11-21(19(15-23)17-7-3-1-4-8-17)31(29,30)22-12-14-24(26,28)16-20(22)18-9-5-2-6-10-18/h1-14H,15-16H2. The lowest BCUT2D eigenvalue weighted by atomic mass is 9.96. The van der Waals surface area contributed by atoms with Crippen molar-refractivity contribution in [3.8, 4) is 0 Å². The van der Waals surface area contributed by atoms with Crippen molar-refractivity contribution in [2.45, 2.75) is 20.4 Å². The van der Waals surface area contributed by atoms with Crippen molar-refractivity contribution in [1.29, 1.82) is 0 Å². The second kappa shape index (κ2) is 8.68. The normalized spacial score (nSPS) is 26.5. The first kappa shape index (κ1) is 23.1. The van der Waals surface area contributed by atoms with Gasteiger partial charge in [-0.25, -0.2) is 8.42 Å². The van der Waals surface area contributed by atoms with E-state index in [1.165, 1.54) is 0 Å². The van der Waals surface area contributed by atoms with Crippen LogP contribution in [0.15, 0.2) is 94.8 Å². The molecule has 0 saturated heterocycles. The molecule has 0 N–H and O–H groups in total. The Morgan fingerprint density at radius 1 is 0.677 bits per heavy atom. The zero-order valence-corrected chi connectivity index (χ0v) is 21.7. The Kier molecular flexibility index (Phi) is 6.46. The van der Waals surface area contributed by atoms with Gasteiger partial charge in [0.05, 0.1) is 9.81 Å². The Balaban J connectivity index is 1.95. The fourth-order valence-electron chi connectivity index (χ4n) is 3.75. The van der Waals surface area contributed by atoms with Crippen LogP contribution in [0.5, 0.6) is 0 Å². The third-order valence-corrected chi connectivity index (χ3v) is 8.73. The van der Waals surface area contributed by atoms with Gasteiger partial charge in [-0.1, -0.05) is 105 Å². The van der Waals surface area contributed by atoms with E-state index in [0.717, 1.165) is 11.1 Å². The first-order valence-electron chi connectivity index (χ1n) is 9.55. The lowest BCUT2D eigenvalue weighted by molar-refractivity contribution is 0.609. The van der Waals surface area contributed by atoms with Gasteiger partial charge in [-0.05, 0) is 34.4 Å². The third-order valence-electron chi connectivity index (χ3n) is 5.20. The molecule has 0 radical (unpaired) electrons. The largest absolute Gasteiger partial charge is 0.218 e. The predicted octanol–water partition coefficient (Wildman–Crippen LogP) is 7.80. The molecule has 160 valence electrons. The van der Waals surface area contributed by atoms with Crippen LogP contribution in [-0.2, 0) is 9.84 Å². The summed E-state index contributed by atoms with van der Waals surface area (Å²) in [6.07, 6.45) is 7.23. The molecule has 2 nitrogen and oxygen atoms in total. The van der Waals surface area contributed by atoms with E-state index in [1.54, 1.807) is 24.3 Å². The molecular weight excluding hydrogens is 583 g/mol. The van der Waals surface area contributed by atoms with Crippen molar-refractivity contribution in [1.82, 2.24) is 0 Å². The highest BCUT2D eigenvalue weighted by Gasteiger charge is 2.37. The van der Waals surface area contributed by atoms with Gasteiger partial charge in [0, 0.05) is 12.8 Å². The van der Waals surface area contributed by atoms with Gasteiger partial charge in [-0.3, -0.25) is 0 Å². The molecule has 4 rings (SSSR count). The van der Waals surface area contributed by atoms with Crippen LogP contribution < -0.4 is 0 Å². The van der Waals surface area contributed by atoms with Crippen LogP contribution in [0, 0.1) is 0 Å². The third kappa shape index (κ3) is 4.96. The summed E-state index contributed by atoms with van der Waals surface area (Å²) in [5.74, 6) is 0. The van der Waals surface area contributed by atoms with Crippen LogP contribution in [0.2, 0.25) is 0 Å². The van der Waals surface area contributed by atoms with Crippen molar-refractivity contribution in [2.75, 3.05) is 0 Å². The molecule has 0 aliphatic heterocycles. The van der Waals surface area contributed by atoms with Crippen molar-refractivity contribution < 1.29 is 8.42 Å². The molecule has 2 aliphatic rings. The van der Waals surface area contributed by atoms with Gasteiger partial charge in [0.1, 0.15) is 7.57 Å². The minimum atomic E-state index is -3.85. The molecular formula is C24H18Br2Cl2O2S. The van der Waals surface area contributed by atoms with E-state index in [-0.39, 0.29) is 9.81 Å². The maximum atomic E-state index is 14.0. The van der Waals surface area contributed by atoms with Crippen LogP contribution in [0.3, 0.4) is 0 Å². The minimum Gasteiger partial charge on any atom is -0.218 e. The summed E-state index contributed by atoms with van der Waals surface area (Å²) in [6, 6.07) is 18.9. The first-order chi connectivity index (χ1) is 14.6. The van der Waals surface area contributed by atoms with Crippen LogP contribution in [0.25, 0.3) is 11.1 Å². The fraction of sp³-hybridized carbons (Fsp3) is 0.167. The van der Waals surface area contributed by atoms with Gasteiger partial charge in [0.15, 0.2) is 0 Å². The number of rotatable bonds is 4. The molecule has 2 unspecified atom stereocenters. The second-order valence-electron chi connectivity index (χ2n) is 7.46. The first-order valence-corrected chi connectivity index (χ1v) is 13.4. The van der Waals surface area contributed by atoms with E-state index < -0.39 is 17.4 Å². The summed E-state index contributed by atoms with van der Waals surface area (Å²) < 4.78 is 26.3. The predicted molar refractivity (Wildman–Crippen MR) is 138 cm³/mol. The molecule has 7 heteroatoms. The van der Waals surface area contributed by atoms with Crippen molar-refractivity contribution in [3.63, 3.8) is 0 Å². The van der Waals surface area contributed by atoms with E-state index >= 15 is 0 Å². The maximum absolute atomic E-state index is 14.0. The van der Waals surface area contributed by atoms with Crippen LogP contribution in [0.4, 0.5) is 0 Å². The average Bonchev–Trinajstić information content (AvgIpc) is 2.73. The highest BCUT2D eigenvalue weighted by molar-refractivity contribution is 9.10. The number of hydrogen-bond donors (Lipinski definition) is 0. The SMILES string of the molecule is O=S(=O)(C1=C(c2ccccc2)CC(Cl)(Br)C=C1)C1=C(c2ccccc2)CC(Cl)(Br)C=C1. The zero-order chi connectivity index (χ0) is 22.3. The summed E-state index contributed by atoms with van der Waals surface area (Å²) in [6.45, 7) is 0. The molecule has 31 heavy (non-hydrogen) atoms. The number of alkyl halides is 4. The molecule has 0 fully saturated rings. The lowest BCUT2D eigenvalue weighted by Gasteiger charge is -2.28. The smallest absolute Gasteiger partial charge is 0.207 e. The van der Waals surface area contributed by atoms with Crippen LogP contribution in [-0.4, -0.2) is 16.0 Å². The number of hydrogen-bond acceptors (Lipinski definition) is 2. The summed E-state index contributed by atoms with van der Waals surface area (Å²) in [5, 5.41) is 0. The molecule has 0 amide bonds. The highest BCUT2D eigenvalue weighted by atomic mass is 79.9. The van der Waals surface area contributed by atoms with Crippen LogP contribution >= 0.6 is 55.1 Å². The highest BCUT2D eigenvalue weighted by Crippen LogP contribution is 2.48. The number of allylic oxidation sites excluding steroid dienone is 6. The van der Waals surface area contributed by atoms with Gasteiger partial charge in [-0.2, -0.15) is 0 Å². The molecule has 0 aromatic heterocycles. The van der Waals surface area contributed by atoms with E-state index in [0.29, 0.717) is 24.0 Å². The lowest BCUT2D eigenvalue weighted by Crippen LogP contribution is -2.21. The number of benzene rings is 2. The minimum absolute atomic E-state index is 0.249. The Morgan fingerprint density at radius 3 is 1.39 bits per heavy atom. The van der Waals surface area contributed by atoms with Gasteiger partial charge in [-0.15, -0.1) is 23.2 Å². The fourth-order valence-corrected chi connectivity index (χ4v) is 6.73. The average molecular weight is 601 g/mol. The zero-order valence-electron chi connectivity index (χ0n) is 16.2. The second-order valence-corrected chi connectivity index (χ2v) is 14.4. The maximum Gasteiger partial charge on any atom is 0.207 e. The molecule has 2 aliphatic carbocycles. The van der Waals surface area contributed by atoms with Gasteiger partial charge >= 0.3 is 0 Å². The molecule has 0 spiro atoms. The van der Waals surface area contributed by atoms with Gasteiger partial charge in [0.25, 0.3) is 0 Å². The Morgan fingerprint density at radius 2 is 1.03 bits per heavy atom. The summed E-state index contributed by atoms with van der Waals surface area (Å²) in [5.41, 5.74) is 2.99. The van der Waals surface area contributed by atoms with Gasteiger partial charge in [0.2, 0.25) is 9.84 Å². The Hall–Kier alpha value is -1.11. The van der Waals surface area contributed by atoms with Crippen molar-refractivity contribution >= 4 is 76.0 Å². The van der Waals surface area contributed by atoms with E-state index in [2.05, 4.69) is 31.9 Å². The van der Waals surface area contributed by atoms with Gasteiger partial charge < -0.3 is 0 Å². The van der Waals surface area contributed by atoms with Crippen molar-refractivity contribution in [2.24, 2.45) is 0 Å². The van der Waals surface area contributed by atoms with Crippen LogP contribution in [0.1, 0.15) is 24.0 Å². The quantitative estimate of drug-likeness (QED) is 0.336. The summed E-state index contributed by atoms with van der Waals surface area (Å²) in [4.78, 5) is 0.498. The topological polar surface area (TPSA) is 34.1 Å². The molecule has 0 heterocycles. The van der Waals surface area contributed by atoms with E-state index in [1.807, 2.05) is 60.7 Å². The van der Waals surface area contributed by atoms with E-state index in [4.69, 9.17) is 23.2 Å². The summed E-state index contributed by atoms with van der Waals surface area (Å²) >= 11 is 20.0. The molecule has 2 atom stereocenters. The van der Waals surface area contributed by atoms with Crippen molar-refractivity contribution in [3.05, 3.63) is 106 Å². The summed E-state index contributed by atoms with van der Waals surface area (Å²) in [7, 11) is -3.85. The molecule has 0 bridgehead atoms. The monoisotopic (exact) mass is 598 g/mol. The molecule has 0 saturated carbocycles.